The lowest BCUT2D eigenvalue weighted by Gasteiger charge is -2.31. The summed E-state index contributed by atoms with van der Waals surface area (Å²) < 4.78 is 5.47. The Balaban J connectivity index is 2.19. The molecule has 0 bridgehead atoms. The van der Waals surface area contributed by atoms with Crippen LogP contribution in [0.15, 0.2) is 12.2 Å². The number of ether oxygens (including phenoxy) is 1. The summed E-state index contributed by atoms with van der Waals surface area (Å²) in [6.07, 6.45) is 1.59. The van der Waals surface area contributed by atoms with Crippen LogP contribution in [0.1, 0.15) is 26.2 Å². The first-order valence-electron chi connectivity index (χ1n) is 6.49. The SMILES string of the molecule is C=C(C)CNC(=O)N1CCC(OCCC(=O)O)CC1. The Kier molecular flexibility index (Phi) is 6.35. The number of carboxylic acids is 1. The number of urea groups is 1. The van der Waals surface area contributed by atoms with Gasteiger partial charge in [0.25, 0.3) is 0 Å². The molecule has 0 unspecified atom stereocenters. The zero-order valence-corrected chi connectivity index (χ0v) is 11.4. The van der Waals surface area contributed by atoms with E-state index < -0.39 is 5.97 Å². The molecular weight excluding hydrogens is 248 g/mol. The number of carboxylic acid groups (broad SMARTS) is 1. The van der Waals surface area contributed by atoms with Gasteiger partial charge in [0.05, 0.1) is 19.1 Å². The molecule has 0 aromatic heterocycles. The lowest BCUT2D eigenvalue weighted by molar-refractivity contribution is -0.138. The normalized spacial score (nSPS) is 16.2. The van der Waals surface area contributed by atoms with E-state index in [2.05, 4.69) is 11.9 Å². The van der Waals surface area contributed by atoms with Crippen LogP contribution in [0.5, 0.6) is 0 Å². The Bertz CT molecular complexity index is 336. The van der Waals surface area contributed by atoms with Crippen molar-refractivity contribution in [3.8, 4) is 0 Å². The van der Waals surface area contributed by atoms with Crippen molar-refractivity contribution in [3.63, 3.8) is 0 Å². The Morgan fingerprint density at radius 3 is 2.58 bits per heavy atom. The van der Waals surface area contributed by atoms with Crippen LogP contribution in [-0.2, 0) is 9.53 Å². The molecule has 108 valence electrons. The van der Waals surface area contributed by atoms with Gasteiger partial charge in [0.15, 0.2) is 0 Å². The van der Waals surface area contributed by atoms with E-state index in [9.17, 15) is 9.59 Å². The molecule has 2 amide bonds. The topological polar surface area (TPSA) is 78.9 Å². The molecule has 1 aliphatic rings. The minimum Gasteiger partial charge on any atom is -0.481 e. The predicted molar refractivity (Wildman–Crippen MR) is 71.0 cm³/mol. The van der Waals surface area contributed by atoms with Gasteiger partial charge in [-0.15, -0.1) is 0 Å². The van der Waals surface area contributed by atoms with E-state index in [0.29, 0.717) is 19.6 Å². The number of hydrogen-bond acceptors (Lipinski definition) is 3. The van der Waals surface area contributed by atoms with Crippen LogP contribution in [0.4, 0.5) is 4.79 Å². The Labute approximate surface area is 113 Å². The fourth-order valence-electron chi connectivity index (χ4n) is 1.88. The monoisotopic (exact) mass is 270 g/mol. The highest BCUT2D eigenvalue weighted by atomic mass is 16.5. The van der Waals surface area contributed by atoms with Gasteiger partial charge in [0.2, 0.25) is 0 Å². The van der Waals surface area contributed by atoms with E-state index in [-0.39, 0.29) is 25.2 Å². The number of hydrogen-bond donors (Lipinski definition) is 2. The van der Waals surface area contributed by atoms with E-state index >= 15 is 0 Å². The van der Waals surface area contributed by atoms with Gasteiger partial charge in [0, 0.05) is 19.6 Å². The summed E-state index contributed by atoms with van der Waals surface area (Å²) in [4.78, 5) is 23.9. The second-order valence-electron chi connectivity index (χ2n) is 4.82. The summed E-state index contributed by atoms with van der Waals surface area (Å²) >= 11 is 0. The van der Waals surface area contributed by atoms with Crippen LogP contribution in [0.25, 0.3) is 0 Å². The van der Waals surface area contributed by atoms with Crippen molar-refractivity contribution in [1.29, 1.82) is 0 Å². The van der Waals surface area contributed by atoms with Gasteiger partial charge in [-0.2, -0.15) is 0 Å². The van der Waals surface area contributed by atoms with Crippen molar-refractivity contribution >= 4 is 12.0 Å². The largest absolute Gasteiger partial charge is 0.481 e. The highest BCUT2D eigenvalue weighted by Crippen LogP contribution is 2.14. The quantitative estimate of drug-likeness (QED) is 0.711. The molecule has 0 spiro atoms. The number of carbonyl (C=O) groups is 2. The molecule has 6 heteroatoms. The minimum atomic E-state index is -0.850. The number of rotatable bonds is 6. The van der Waals surface area contributed by atoms with E-state index in [0.717, 1.165) is 18.4 Å². The van der Waals surface area contributed by atoms with Gasteiger partial charge in [-0.1, -0.05) is 12.2 Å². The van der Waals surface area contributed by atoms with E-state index in [1.807, 2.05) is 6.92 Å². The van der Waals surface area contributed by atoms with Crippen molar-refractivity contribution in [2.45, 2.75) is 32.3 Å². The summed E-state index contributed by atoms with van der Waals surface area (Å²) in [6, 6.07) is -0.0769. The predicted octanol–water partition coefficient (Wildman–Crippen LogP) is 1.23. The molecule has 2 N–H and O–H groups in total. The molecule has 1 aliphatic heterocycles. The van der Waals surface area contributed by atoms with Crippen LogP contribution in [0.3, 0.4) is 0 Å². The summed E-state index contributed by atoms with van der Waals surface area (Å²) in [5, 5.41) is 11.3. The maximum absolute atomic E-state index is 11.8. The molecule has 0 aliphatic carbocycles. The maximum Gasteiger partial charge on any atom is 0.317 e. The average Bonchev–Trinajstić information content (AvgIpc) is 2.36. The molecule has 0 aromatic rings. The van der Waals surface area contributed by atoms with Crippen LogP contribution in [0, 0.1) is 0 Å². The summed E-state index contributed by atoms with van der Waals surface area (Å²) in [5.74, 6) is -0.850. The molecular formula is C13H22N2O4. The second kappa shape index (κ2) is 7.78. The van der Waals surface area contributed by atoms with Gasteiger partial charge in [-0.3, -0.25) is 4.79 Å². The average molecular weight is 270 g/mol. The molecule has 1 saturated heterocycles. The smallest absolute Gasteiger partial charge is 0.317 e. The molecule has 1 fully saturated rings. The standard InChI is InChI=1S/C13H22N2O4/c1-10(2)9-14-13(18)15-6-3-11(4-7-15)19-8-5-12(16)17/h11H,1,3-9H2,2H3,(H,14,18)(H,16,17). The van der Waals surface area contributed by atoms with E-state index in [4.69, 9.17) is 9.84 Å². The summed E-state index contributed by atoms with van der Waals surface area (Å²) in [6.45, 7) is 7.60. The van der Waals surface area contributed by atoms with Gasteiger partial charge in [0.1, 0.15) is 0 Å². The Morgan fingerprint density at radius 1 is 1.42 bits per heavy atom. The van der Waals surface area contributed by atoms with Crippen LogP contribution in [0.2, 0.25) is 0 Å². The number of piperidine rings is 1. The van der Waals surface area contributed by atoms with Crippen LogP contribution >= 0.6 is 0 Å². The number of likely N-dealkylation sites (tertiary alicyclic amines) is 1. The van der Waals surface area contributed by atoms with Gasteiger partial charge in [-0.25, -0.2) is 4.79 Å². The third-order valence-electron chi connectivity index (χ3n) is 2.94. The summed E-state index contributed by atoms with van der Waals surface area (Å²) in [7, 11) is 0. The Morgan fingerprint density at radius 2 is 2.05 bits per heavy atom. The number of aliphatic carboxylic acids is 1. The molecule has 0 atom stereocenters. The minimum absolute atomic E-state index is 0.0271. The second-order valence-corrected chi connectivity index (χ2v) is 4.82. The molecule has 6 nitrogen and oxygen atoms in total. The number of nitrogens with zero attached hydrogens (tertiary/aromatic N) is 1. The zero-order chi connectivity index (χ0) is 14.3. The lowest BCUT2D eigenvalue weighted by Crippen LogP contribution is -2.46. The molecule has 19 heavy (non-hydrogen) atoms. The fourth-order valence-corrected chi connectivity index (χ4v) is 1.88. The van der Waals surface area contributed by atoms with E-state index in [1.165, 1.54) is 0 Å². The van der Waals surface area contributed by atoms with E-state index in [1.54, 1.807) is 4.90 Å². The van der Waals surface area contributed by atoms with Crippen LogP contribution in [-0.4, -0.2) is 54.4 Å². The van der Waals surface area contributed by atoms with Crippen molar-refractivity contribution in [2.24, 2.45) is 0 Å². The zero-order valence-electron chi connectivity index (χ0n) is 11.4. The molecule has 0 radical (unpaired) electrons. The lowest BCUT2D eigenvalue weighted by atomic mass is 10.1. The number of carbonyl (C=O) groups excluding carboxylic acids is 1. The van der Waals surface area contributed by atoms with Gasteiger partial charge in [-0.05, 0) is 19.8 Å². The third-order valence-corrected chi connectivity index (χ3v) is 2.94. The fraction of sp³-hybridized carbons (Fsp3) is 0.692. The third kappa shape index (κ3) is 6.24. The molecule has 1 rings (SSSR count). The molecule has 1 heterocycles. The first-order valence-corrected chi connectivity index (χ1v) is 6.49. The van der Waals surface area contributed by atoms with Crippen molar-refractivity contribution in [1.82, 2.24) is 10.2 Å². The van der Waals surface area contributed by atoms with Crippen molar-refractivity contribution in [3.05, 3.63) is 12.2 Å². The van der Waals surface area contributed by atoms with Crippen molar-refractivity contribution < 1.29 is 19.4 Å². The first kappa shape index (κ1) is 15.5. The number of nitrogens with one attached hydrogen (secondary N) is 1. The number of amides is 2. The molecule has 0 saturated carbocycles. The Hall–Kier alpha value is -1.56. The highest BCUT2D eigenvalue weighted by Gasteiger charge is 2.22. The highest BCUT2D eigenvalue weighted by molar-refractivity contribution is 5.74. The molecule has 0 aromatic carbocycles. The van der Waals surface area contributed by atoms with Gasteiger partial charge < -0.3 is 20.1 Å². The van der Waals surface area contributed by atoms with Gasteiger partial charge >= 0.3 is 12.0 Å². The van der Waals surface area contributed by atoms with Crippen molar-refractivity contribution in [2.75, 3.05) is 26.2 Å². The van der Waals surface area contributed by atoms with Crippen LogP contribution < -0.4 is 5.32 Å². The maximum atomic E-state index is 11.8. The first-order chi connectivity index (χ1) is 8.99. The summed E-state index contributed by atoms with van der Waals surface area (Å²) in [5.41, 5.74) is 0.917.